The van der Waals surface area contributed by atoms with Crippen molar-refractivity contribution >= 4 is 34.2 Å². The zero-order valence-corrected chi connectivity index (χ0v) is 19.9. The van der Waals surface area contributed by atoms with Crippen LogP contribution in [0.5, 0.6) is 0 Å². The standard InChI is InChI=1S/C26H31N3O4/c1-6-28(7-2)22(31)15-29-11-10-17-12-18(8-9-19(17)29)27-25(32)24-16(3)23-20(30)13-26(4,5)14-21(23)33-24/h8-12H,6-7,13-15H2,1-5H3,(H,27,32). The van der Waals surface area contributed by atoms with Gasteiger partial charge in [-0.25, -0.2) is 0 Å². The van der Waals surface area contributed by atoms with Crippen molar-refractivity contribution in [3.63, 3.8) is 0 Å². The summed E-state index contributed by atoms with van der Waals surface area (Å²) in [4.78, 5) is 39.9. The number of likely N-dealkylation sites (N-methyl/N-ethyl adjacent to an activating group) is 1. The van der Waals surface area contributed by atoms with Crippen LogP contribution >= 0.6 is 0 Å². The third-order valence-electron chi connectivity index (χ3n) is 6.43. The Labute approximate surface area is 193 Å². The Morgan fingerprint density at radius 3 is 2.58 bits per heavy atom. The maximum Gasteiger partial charge on any atom is 0.291 e. The lowest BCUT2D eigenvalue weighted by Crippen LogP contribution is -2.33. The van der Waals surface area contributed by atoms with Crippen molar-refractivity contribution in [1.82, 2.24) is 9.47 Å². The average Bonchev–Trinajstić information content (AvgIpc) is 3.28. The van der Waals surface area contributed by atoms with Gasteiger partial charge in [0.25, 0.3) is 5.91 Å². The highest BCUT2D eigenvalue weighted by atomic mass is 16.4. The van der Waals surface area contributed by atoms with Gasteiger partial charge in [-0.15, -0.1) is 0 Å². The number of fused-ring (bicyclic) bond motifs is 2. The van der Waals surface area contributed by atoms with Crippen LogP contribution in [0.25, 0.3) is 10.9 Å². The van der Waals surface area contributed by atoms with Crippen LogP contribution in [-0.4, -0.2) is 40.2 Å². The van der Waals surface area contributed by atoms with Crippen LogP contribution in [0.1, 0.15) is 66.4 Å². The quantitative estimate of drug-likeness (QED) is 0.585. The number of Topliss-reactive ketones (excluding diaryl/α,β-unsaturated/α-hetero) is 1. The molecule has 0 radical (unpaired) electrons. The minimum Gasteiger partial charge on any atom is -0.455 e. The number of hydrogen-bond donors (Lipinski definition) is 1. The van der Waals surface area contributed by atoms with Crippen molar-refractivity contribution in [2.75, 3.05) is 18.4 Å². The van der Waals surface area contributed by atoms with Gasteiger partial charge in [0.1, 0.15) is 12.3 Å². The number of amides is 2. The van der Waals surface area contributed by atoms with E-state index >= 15 is 0 Å². The second kappa shape index (κ2) is 8.54. The van der Waals surface area contributed by atoms with Crippen LogP contribution in [-0.2, 0) is 17.8 Å². The number of carbonyl (C=O) groups is 3. The number of benzene rings is 1. The SMILES string of the molecule is CCN(CC)C(=O)Cn1ccc2cc(NC(=O)c3oc4c(c3C)C(=O)CC(C)(C)C4)ccc21. The van der Waals surface area contributed by atoms with Crippen LogP contribution in [0.4, 0.5) is 5.69 Å². The fraction of sp³-hybridized carbons (Fsp3) is 0.423. The molecule has 0 spiro atoms. The number of carbonyl (C=O) groups excluding carboxylic acids is 3. The summed E-state index contributed by atoms with van der Waals surface area (Å²) in [5.41, 5.74) is 2.54. The maximum absolute atomic E-state index is 13.0. The Hall–Kier alpha value is -3.35. The smallest absolute Gasteiger partial charge is 0.291 e. The molecule has 2 heterocycles. The van der Waals surface area contributed by atoms with Crippen LogP contribution in [0, 0.1) is 12.3 Å². The Morgan fingerprint density at radius 2 is 1.88 bits per heavy atom. The Kier molecular flexibility index (Phi) is 5.91. The van der Waals surface area contributed by atoms with Crippen LogP contribution in [0.15, 0.2) is 34.9 Å². The summed E-state index contributed by atoms with van der Waals surface area (Å²) in [5.74, 6) is 0.522. The third kappa shape index (κ3) is 4.32. The highest BCUT2D eigenvalue weighted by Gasteiger charge is 2.37. The number of rotatable bonds is 6. The number of anilines is 1. The second-order valence-corrected chi connectivity index (χ2v) is 9.53. The van der Waals surface area contributed by atoms with E-state index in [9.17, 15) is 14.4 Å². The van der Waals surface area contributed by atoms with Crippen molar-refractivity contribution in [2.24, 2.45) is 5.41 Å². The van der Waals surface area contributed by atoms with E-state index < -0.39 is 0 Å². The van der Waals surface area contributed by atoms with E-state index in [0.717, 1.165) is 10.9 Å². The van der Waals surface area contributed by atoms with E-state index in [4.69, 9.17) is 4.42 Å². The molecule has 7 heteroatoms. The molecule has 1 aliphatic carbocycles. The molecule has 1 aromatic carbocycles. The highest BCUT2D eigenvalue weighted by molar-refractivity contribution is 6.08. The average molecular weight is 450 g/mol. The molecule has 0 aliphatic heterocycles. The molecule has 2 aromatic heterocycles. The zero-order chi connectivity index (χ0) is 23.9. The predicted molar refractivity (Wildman–Crippen MR) is 128 cm³/mol. The minimum atomic E-state index is -0.372. The molecule has 174 valence electrons. The lowest BCUT2D eigenvalue weighted by atomic mass is 9.76. The fourth-order valence-corrected chi connectivity index (χ4v) is 4.73. The van der Waals surface area contributed by atoms with Gasteiger partial charge in [0.05, 0.1) is 5.56 Å². The maximum atomic E-state index is 13.0. The van der Waals surface area contributed by atoms with Crippen molar-refractivity contribution in [3.8, 4) is 0 Å². The first kappa shape index (κ1) is 22.8. The van der Waals surface area contributed by atoms with E-state index in [0.29, 0.717) is 48.5 Å². The molecule has 0 atom stereocenters. The fourth-order valence-electron chi connectivity index (χ4n) is 4.73. The molecule has 0 saturated heterocycles. The zero-order valence-electron chi connectivity index (χ0n) is 19.9. The largest absolute Gasteiger partial charge is 0.455 e. The first-order valence-electron chi connectivity index (χ1n) is 11.5. The molecule has 0 bridgehead atoms. The van der Waals surface area contributed by atoms with E-state index in [2.05, 4.69) is 5.32 Å². The summed E-state index contributed by atoms with van der Waals surface area (Å²) < 4.78 is 7.79. The molecule has 0 unspecified atom stereocenters. The lowest BCUT2D eigenvalue weighted by Gasteiger charge is -2.27. The van der Waals surface area contributed by atoms with Gasteiger partial charge in [-0.3, -0.25) is 14.4 Å². The van der Waals surface area contributed by atoms with Gasteiger partial charge in [-0.2, -0.15) is 0 Å². The molecule has 1 N–H and O–H groups in total. The predicted octanol–water partition coefficient (Wildman–Crippen LogP) is 4.82. The molecule has 0 saturated carbocycles. The van der Waals surface area contributed by atoms with Crippen LogP contribution < -0.4 is 5.32 Å². The van der Waals surface area contributed by atoms with E-state index in [1.165, 1.54) is 0 Å². The van der Waals surface area contributed by atoms with Gasteiger partial charge in [-0.05, 0) is 50.5 Å². The number of aromatic nitrogens is 1. The Bertz CT molecular complexity index is 1240. The van der Waals surface area contributed by atoms with Gasteiger partial charge in [0.2, 0.25) is 5.91 Å². The first-order valence-corrected chi connectivity index (χ1v) is 11.5. The molecule has 4 rings (SSSR count). The number of furan rings is 1. The molecule has 2 amide bonds. The van der Waals surface area contributed by atoms with Crippen molar-refractivity contribution in [3.05, 3.63) is 53.1 Å². The number of hydrogen-bond acceptors (Lipinski definition) is 4. The van der Waals surface area contributed by atoms with Crippen LogP contribution in [0.3, 0.4) is 0 Å². The molecule has 33 heavy (non-hydrogen) atoms. The third-order valence-corrected chi connectivity index (χ3v) is 6.43. The lowest BCUT2D eigenvalue weighted by molar-refractivity contribution is -0.131. The summed E-state index contributed by atoms with van der Waals surface area (Å²) in [6.45, 7) is 11.4. The minimum absolute atomic E-state index is 0.0311. The summed E-state index contributed by atoms with van der Waals surface area (Å²) in [6, 6.07) is 7.51. The normalized spacial score (nSPS) is 14.9. The van der Waals surface area contributed by atoms with E-state index in [1.807, 2.05) is 62.7 Å². The topological polar surface area (TPSA) is 84.6 Å². The summed E-state index contributed by atoms with van der Waals surface area (Å²) in [6.07, 6.45) is 2.97. The van der Waals surface area contributed by atoms with Crippen molar-refractivity contribution in [1.29, 1.82) is 0 Å². The number of ketones is 1. The Balaban J connectivity index is 1.54. The van der Waals surface area contributed by atoms with Gasteiger partial charge in [0, 0.05) is 54.3 Å². The monoisotopic (exact) mass is 449 g/mol. The summed E-state index contributed by atoms with van der Waals surface area (Å²) in [7, 11) is 0. The Morgan fingerprint density at radius 1 is 1.15 bits per heavy atom. The second-order valence-electron chi connectivity index (χ2n) is 9.53. The van der Waals surface area contributed by atoms with E-state index in [1.54, 1.807) is 11.8 Å². The van der Waals surface area contributed by atoms with Gasteiger partial charge in [0.15, 0.2) is 11.5 Å². The highest BCUT2D eigenvalue weighted by Crippen LogP contribution is 2.38. The molecule has 3 aromatic rings. The first-order chi connectivity index (χ1) is 15.6. The number of nitrogens with zero attached hydrogens (tertiary/aromatic N) is 2. The van der Waals surface area contributed by atoms with E-state index in [-0.39, 0.29) is 35.3 Å². The van der Waals surface area contributed by atoms with Crippen molar-refractivity contribution in [2.45, 2.75) is 54.0 Å². The molecule has 0 fully saturated rings. The van der Waals surface area contributed by atoms with Crippen LogP contribution in [0.2, 0.25) is 0 Å². The van der Waals surface area contributed by atoms with Crippen molar-refractivity contribution < 1.29 is 18.8 Å². The molecular formula is C26H31N3O4. The summed E-state index contributed by atoms with van der Waals surface area (Å²) in [5, 5.41) is 3.82. The molecular weight excluding hydrogens is 418 g/mol. The molecule has 7 nitrogen and oxygen atoms in total. The summed E-state index contributed by atoms with van der Waals surface area (Å²) >= 11 is 0. The van der Waals surface area contributed by atoms with Gasteiger partial charge >= 0.3 is 0 Å². The van der Waals surface area contributed by atoms with Gasteiger partial charge in [-0.1, -0.05) is 13.8 Å². The number of nitrogens with one attached hydrogen (secondary N) is 1. The van der Waals surface area contributed by atoms with Gasteiger partial charge < -0.3 is 19.2 Å². The molecule has 1 aliphatic rings.